The number of carbonyl (C=O) groups excluding carboxylic acids is 1. The molecule has 0 amide bonds. The summed E-state index contributed by atoms with van der Waals surface area (Å²) in [6, 6.07) is 9.15. The van der Waals surface area contributed by atoms with E-state index in [1.54, 1.807) is 12.1 Å². The molecule has 86 valence electrons. The van der Waals surface area contributed by atoms with E-state index >= 15 is 0 Å². The number of hydrogen-bond donors (Lipinski definition) is 0. The van der Waals surface area contributed by atoms with E-state index in [9.17, 15) is 4.79 Å². The van der Waals surface area contributed by atoms with Gasteiger partial charge in [-0.1, -0.05) is 30.3 Å². The Labute approximate surface area is 101 Å². The summed E-state index contributed by atoms with van der Waals surface area (Å²) in [6.07, 6.45) is 0. The van der Waals surface area contributed by atoms with Gasteiger partial charge in [0.1, 0.15) is 5.69 Å². The van der Waals surface area contributed by atoms with Crippen LogP contribution in [0.15, 0.2) is 30.3 Å². The zero-order valence-electron chi connectivity index (χ0n) is 10.2. The summed E-state index contributed by atoms with van der Waals surface area (Å²) in [7, 11) is 0. The molecular formula is C14H14N2O. The van der Waals surface area contributed by atoms with E-state index in [1.165, 1.54) is 0 Å². The molecule has 0 fully saturated rings. The highest BCUT2D eigenvalue weighted by Gasteiger charge is 2.15. The van der Waals surface area contributed by atoms with Gasteiger partial charge in [0.15, 0.2) is 0 Å². The summed E-state index contributed by atoms with van der Waals surface area (Å²) in [5, 5.41) is 0. The van der Waals surface area contributed by atoms with E-state index in [2.05, 4.69) is 9.97 Å². The van der Waals surface area contributed by atoms with Gasteiger partial charge in [-0.15, -0.1) is 0 Å². The summed E-state index contributed by atoms with van der Waals surface area (Å²) in [6.45, 7) is 5.57. The van der Waals surface area contributed by atoms with Gasteiger partial charge in [-0.25, -0.2) is 4.98 Å². The van der Waals surface area contributed by atoms with E-state index in [0.717, 1.165) is 11.4 Å². The maximum atomic E-state index is 12.2. The number of hydrogen-bond acceptors (Lipinski definition) is 3. The van der Waals surface area contributed by atoms with Crippen LogP contribution in [-0.2, 0) is 0 Å². The lowest BCUT2D eigenvalue weighted by atomic mass is 10.1. The van der Waals surface area contributed by atoms with Crippen molar-refractivity contribution in [2.24, 2.45) is 0 Å². The molecular weight excluding hydrogens is 212 g/mol. The average Bonchev–Trinajstić information content (AvgIpc) is 2.34. The Hall–Kier alpha value is -2.03. The van der Waals surface area contributed by atoms with Crippen LogP contribution >= 0.6 is 0 Å². The Morgan fingerprint density at radius 3 is 2.12 bits per heavy atom. The highest BCUT2D eigenvalue weighted by Crippen LogP contribution is 2.12. The van der Waals surface area contributed by atoms with Crippen molar-refractivity contribution in [2.45, 2.75) is 20.8 Å². The standard InChI is InChI=1S/C14H14N2O/c1-9-10(2)16-13(11(3)15-9)14(17)12-7-5-4-6-8-12/h4-8H,1-3H3. The van der Waals surface area contributed by atoms with Crippen LogP contribution in [0.5, 0.6) is 0 Å². The first-order valence-electron chi connectivity index (χ1n) is 5.51. The Morgan fingerprint density at radius 1 is 0.882 bits per heavy atom. The first kappa shape index (κ1) is 11.5. The van der Waals surface area contributed by atoms with Crippen molar-refractivity contribution < 1.29 is 4.79 Å². The van der Waals surface area contributed by atoms with Gasteiger partial charge in [-0.2, -0.15) is 0 Å². The van der Waals surface area contributed by atoms with Crippen LogP contribution in [0.1, 0.15) is 33.1 Å². The van der Waals surface area contributed by atoms with E-state index in [-0.39, 0.29) is 5.78 Å². The largest absolute Gasteiger partial charge is 0.287 e. The van der Waals surface area contributed by atoms with Crippen LogP contribution in [0, 0.1) is 20.8 Å². The molecule has 3 nitrogen and oxygen atoms in total. The number of aryl methyl sites for hydroxylation is 3. The monoisotopic (exact) mass is 226 g/mol. The zero-order chi connectivity index (χ0) is 12.4. The molecule has 0 spiro atoms. The lowest BCUT2D eigenvalue weighted by Gasteiger charge is -2.06. The summed E-state index contributed by atoms with van der Waals surface area (Å²) in [5.41, 5.74) is 3.44. The van der Waals surface area contributed by atoms with Crippen molar-refractivity contribution in [3.05, 3.63) is 58.7 Å². The third kappa shape index (κ3) is 2.23. The molecule has 2 aromatic rings. The number of benzene rings is 1. The summed E-state index contributed by atoms with van der Waals surface area (Å²) < 4.78 is 0. The van der Waals surface area contributed by atoms with E-state index in [1.807, 2.05) is 39.0 Å². The first-order valence-corrected chi connectivity index (χ1v) is 5.51. The molecule has 1 aromatic carbocycles. The molecule has 0 saturated carbocycles. The average molecular weight is 226 g/mol. The Bertz CT molecular complexity index is 562. The van der Waals surface area contributed by atoms with Crippen LogP contribution in [0.3, 0.4) is 0 Å². The maximum absolute atomic E-state index is 12.2. The maximum Gasteiger partial charge on any atom is 0.213 e. The molecule has 17 heavy (non-hydrogen) atoms. The highest BCUT2D eigenvalue weighted by molar-refractivity contribution is 6.08. The second-order valence-corrected chi connectivity index (χ2v) is 4.02. The topological polar surface area (TPSA) is 42.9 Å². The molecule has 0 N–H and O–H groups in total. The number of carbonyl (C=O) groups is 1. The predicted octanol–water partition coefficient (Wildman–Crippen LogP) is 2.63. The van der Waals surface area contributed by atoms with E-state index in [0.29, 0.717) is 17.0 Å². The van der Waals surface area contributed by atoms with Crippen molar-refractivity contribution in [1.82, 2.24) is 9.97 Å². The van der Waals surface area contributed by atoms with Crippen LogP contribution in [0.25, 0.3) is 0 Å². The van der Waals surface area contributed by atoms with Crippen molar-refractivity contribution in [3.8, 4) is 0 Å². The van der Waals surface area contributed by atoms with Gasteiger partial charge in [0.25, 0.3) is 0 Å². The Balaban J connectivity index is 2.48. The van der Waals surface area contributed by atoms with Crippen molar-refractivity contribution in [2.75, 3.05) is 0 Å². The quantitative estimate of drug-likeness (QED) is 0.739. The number of rotatable bonds is 2. The fourth-order valence-electron chi connectivity index (χ4n) is 1.66. The summed E-state index contributed by atoms with van der Waals surface area (Å²) in [5.74, 6) is -0.0706. The van der Waals surface area contributed by atoms with Crippen LogP contribution < -0.4 is 0 Å². The third-order valence-electron chi connectivity index (χ3n) is 2.73. The molecule has 1 aromatic heterocycles. The van der Waals surface area contributed by atoms with Crippen LogP contribution in [0.2, 0.25) is 0 Å². The van der Waals surface area contributed by atoms with E-state index < -0.39 is 0 Å². The Morgan fingerprint density at radius 2 is 1.47 bits per heavy atom. The lowest BCUT2D eigenvalue weighted by Crippen LogP contribution is -2.10. The van der Waals surface area contributed by atoms with Gasteiger partial charge < -0.3 is 0 Å². The fraction of sp³-hybridized carbons (Fsp3) is 0.214. The number of aromatic nitrogens is 2. The Kier molecular flexibility index (Phi) is 3.00. The van der Waals surface area contributed by atoms with Gasteiger partial charge in [0, 0.05) is 5.56 Å². The molecule has 0 aliphatic heterocycles. The molecule has 0 unspecified atom stereocenters. The van der Waals surface area contributed by atoms with Crippen LogP contribution in [0.4, 0.5) is 0 Å². The fourth-order valence-corrected chi connectivity index (χ4v) is 1.66. The molecule has 1 heterocycles. The molecule has 2 rings (SSSR count). The molecule has 0 aliphatic carbocycles. The summed E-state index contributed by atoms with van der Waals surface area (Å²) >= 11 is 0. The van der Waals surface area contributed by atoms with Crippen molar-refractivity contribution in [1.29, 1.82) is 0 Å². The zero-order valence-corrected chi connectivity index (χ0v) is 10.2. The van der Waals surface area contributed by atoms with Gasteiger partial charge in [0.05, 0.1) is 17.1 Å². The molecule has 0 radical (unpaired) electrons. The van der Waals surface area contributed by atoms with Crippen LogP contribution in [-0.4, -0.2) is 15.8 Å². The highest BCUT2D eigenvalue weighted by atomic mass is 16.1. The van der Waals surface area contributed by atoms with Gasteiger partial charge >= 0.3 is 0 Å². The molecule has 0 aliphatic rings. The van der Waals surface area contributed by atoms with Gasteiger partial charge in [0.2, 0.25) is 5.78 Å². The van der Waals surface area contributed by atoms with E-state index in [4.69, 9.17) is 0 Å². The summed E-state index contributed by atoms with van der Waals surface area (Å²) in [4.78, 5) is 20.9. The van der Waals surface area contributed by atoms with Gasteiger partial charge in [-0.05, 0) is 20.8 Å². The lowest BCUT2D eigenvalue weighted by molar-refractivity contribution is 0.103. The van der Waals surface area contributed by atoms with Crippen molar-refractivity contribution in [3.63, 3.8) is 0 Å². The molecule has 0 bridgehead atoms. The minimum absolute atomic E-state index is 0.0706. The van der Waals surface area contributed by atoms with Gasteiger partial charge in [-0.3, -0.25) is 9.78 Å². The smallest absolute Gasteiger partial charge is 0.213 e. The first-order chi connectivity index (χ1) is 8.09. The second kappa shape index (κ2) is 4.45. The number of ketones is 1. The minimum atomic E-state index is -0.0706. The normalized spacial score (nSPS) is 10.3. The minimum Gasteiger partial charge on any atom is -0.287 e. The second-order valence-electron chi connectivity index (χ2n) is 4.02. The predicted molar refractivity (Wildman–Crippen MR) is 66.1 cm³/mol. The molecule has 3 heteroatoms. The third-order valence-corrected chi connectivity index (χ3v) is 2.73. The molecule has 0 atom stereocenters. The van der Waals surface area contributed by atoms with Crippen molar-refractivity contribution >= 4 is 5.78 Å². The number of nitrogens with zero attached hydrogens (tertiary/aromatic N) is 2. The molecule has 0 saturated heterocycles. The SMILES string of the molecule is Cc1nc(C)c(C(=O)c2ccccc2)nc1C.